The van der Waals surface area contributed by atoms with E-state index in [1.54, 1.807) is 7.11 Å². The lowest BCUT2D eigenvalue weighted by Gasteiger charge is -2.32. The van der Waals surface area contributed by atoms with Crippen LogP contribution in [0.1, 0.15) is 41.4 Å². The van der Waals surface area contributed by atoms with Crippen LogP contribution in [0.25, 0.3) is 0 Å². The zero-order valence-electron chi connectivity index (χ0n) is 12.8. The van der Waals surface area contributed by atoms with Gasteiger partial charge >= 0.3 is 6.18 Å². The van der Waals surface area contributed by atoms with Crippen LogP contribution in [-0.4, -0.2) is 53.3 Å². The number of carbonyl (C=O) groups is 1. The topological polar surface area (TPSA) is 47.4 Å². The van der Waals surface area contributed by atoms with Gasteiger partial charge in [-0.25, -0.2) is 0 Å². The van der Waals surface area contributed by atoms with Crippen molar-refractivity contribution in [2.24, 2.45) is 0 Å². The molecule has 2 heterocycles. The molecule has 0 radical (unpaired) electrons. The Hall–Kier alpha value is -1.12. The second kappa shape index (κ2) is 7.63. The SMILES string of the molecule is COCCCN1CCC(n2ncc(C(=O)Cl)c2C(F)(F)F)CC1. The third-order valence-corrected chi connectivity index (χ3v) is 4.21. The number of halogens is 4. The molecule has 130 valence electrons. The molecule has 0 amide bonds. The van der Waals surface area contributed by atoms with Crippen molar-refractivity contribution in [3.05, 3.63) is 17.5 Å². The number of hydrogen-bond acceptors (Lipinski definition) is 4. The predicted octanol–water partition coefficient (Wildman–Crippen LogP) is 2.95. The van der Waals surface area contributed by atoms with Crippen LogP contribution in [0.5, 0.6) is 0 Å². The number of piperidine rings is 1. The molecule has 1 fully saturated rings. The van der Waals surface area contributed by atoms with E-state index in [1.165, 1.54) is 0 Å². The van der Waals surface area contributed by atoms with Crippen molar-refractivity contribution in [2.75, 3.05) is 33.4 Å². The molecule has 2 rings (SSSR count). The molecule has 23 heavy (non-hydrogen) atoms. The summed E-state index contributed by atoms with van der Waals surface area (Å²) >= 11 is 5.25. The molecule has 0 N–H and O–H groups in total. The minimum absolute atomic E-state index is 0.380. The van der Waals surface area contributed by atoms with E-state index in [-0.39, 0.29) is 6.04 Å². The third kappa shape index (κ3) is 4.45. The van der Waals surface area contributed by atoms with Crippen molar-refractivity contribution in [2.45, 2.75) is 31.5 Å². The Balaban J connectivity index is 2.08. The third-order valence-electron chi connectivity index (χ3n) is 4.00. The number of aromatic nitrogens is 2. The smallest absolute Gasteiger partial charge is 0.385 e. The van der Waals surface area contributed by atoms with Crippen LogP contribution in [0.4, 0.5) is 13.2 Å². The number of rotatable bonds is 6. The molecule has 0 unspecified atom stereocenters. The van der Waals surface area contributed by atoms with Crippen LogP contribution in [0.3, 0.4) is 0 Å². The van der Waals surface area contributed by atoms with Gasteiger partial charge in [0.05, 0.1) is 17.8 Å². The zero-order chi connectivity index (χ0) is 17.0. The first-order valence-electron chi connectivity index (χ1n) is 7.40. The summed E-state index contributed by atoms with van der Waals surface area (Å²) in [6.45, 7) is 2.90. The van der Waals surface area contributed by atoms with E-state index in [0.29, 0.717) is 32.5 Å². The fraction of sp³-hybridized carbons (Fsp3) is 0.714. The van der Waals surface area contributed by atoms with Gasteiger partial charge in [0.15, 0.2) is 5.69 Å². The first-order chi connectivity index (χ1) is 10.8. The van der Waals surface area contributed by atoms with Crippen molar-refractivity contribution in [3.63, 3.8) is 0 Å². The van der Waals surface area contributed by atoms with Gasteiger partial charge in [0.1, 0.15) is 0 Å². The van der Waals surface area contributed by atoms with Crippen molar-refractivity contribution in [3.8, 4) is 0 Å². The summed E-state index contributed by atoms with van der Waals surface area (Å²) in [5.74, 6) is 0. The van der Waals surface area contributed by atoms with E-state index in [4.69, 9.17) is 16.3 Å². The summed E-state index contributed by atoms with van der Waals surface area (Å²) < 4.78 is 45.6. The van der Waals surface area contributed by atoms with Crippen molar-refractivity contribution >= 4 is 16.8 Å². The molecule has 0 spiro atoms. The average Bonchev–Trinajstić information content (AvgIpc) is 2.93. The van der Waals surface area contributed by atoms with E-state index in [9.17, 15) is 18.0 Å². The Bertz CT molecular complexity index is 540. The molecule has 1 saturated heterocycles. The summed E-state index contributed by atoms with van der Waals surface area (Å²) in [4.78, 5) is 13.4. The lowest BCUT2D eigenvalue weighted by atomic mass is 10.0. The average molecular weight is 354 g/mol. The second-order valence-electron chi connectivity index (χ2n) is 5.54. The zero-order valence-corrected chi connectivity index (χ0v) is 13.5. The Morgan fingerprint density at radius 1 is 1.43 bits per heavy atom. The lowest BCUT2D eigenvalue weighted by Crippen LogP contribution is -2.36. The van der Waals surface area contributed by atoms with Gasteiger partial charge in [-0.2, -0.15) is 18.3 Å². The molecule has 0 atom stereocenters. The number of carbonyl (C=O) groups excluding carboxylic acids is 1. The fourth-order valence-electron chi connectivity index (χ4n) is 2.89. The normalized spacial score (nSPS) is 17.6. The number of alkyl halides is 3. The largest absolute Gasteiger partial charge is 0.433 e. The molecule has 0 bridgehead atoms. The highest BCUT2D eigenvalue weighted by Gasteiger charge is 2.41. The molecular weight excluding hydrogens is 335 g/mol. The highest BCUT2D eigenvalue weighted by atomic mass is 35.5. The fourth-order valence-corrected chi connectivity index (χ4v) is 3.02. The molecule has 0 aromatic carbocycles. The van der Waals surface area contributed by atoms with Crippen LogP contribution in [0.15, 0.2) is 6.20 Å². The number of methoxy groups -OCH3 is 1. The van der Waals surface area contributed by atoms with Gasteiger partial charge in [0.2, 0.25) is 0 Å². The van der Waals surface area contributed by atoms with E-state index >= 15 is 0 Å². The van der Waals surface area contributed by atoms with Gasteiger partial charge in [0, 0.05) is 33.4 Å². The van der Waals surface area contributed by atoms with Gasteiger partial charge in [-0.1, -0.05) is 0 Å². The second-order valence-corrected chi connectivity index (χ2v) is 5.89. The van der Waals surface area contributed by atoms with Gasteiger partial charge in [-0.05, 0) is 30.9 Å². The summed E-state index contributed by atoms with van der Waals surface area (Å²) in [6.07, 6.45) is -1.77. The van der Waals surface area contributed by atoms with Crippen LogP contribution in [0, 0.1) is 0 Å². The van der Waals surface area contributed by atoms with E-state index < -0.39 is 22.7 Å². The Kier molecular flexibility index (Phi) is 6.05. The van der Waals surface area contributed by atoms with Gasteiger partial charge in [-0.3, -0.25) is 9.48 Å². The Labute approximate surface area is 137 Å². The molecule has 1 aromatic rings. The number of likely N-dealkylation sites (tertiary alicyclic amines) is 1. The monoisotopic (exact) mass is 353 g/mol. The number of hydrogen-bond donors (Lipinski definition) is 0. The first kappa shape index (κ1) is 18.2. The summed E-state index contributed by atoms with van der Waals surface area (Å²) in [5, 5.41) is 2.64. The minimum atomic E-state index is -4.66. The predicted molar refractivity (Wildman–Crippen MR) is 78.6 cm³/mol. The summed E-state index contributed by atoms with van der Waals surface area (Å²) in [7, 11) is 1.64. The molecule has 1 aromatic heterocycles. The quantitative estimate of drug-likeness (QED) is 0.583. The van der Waals surface area contributed by atoms with Crippen LogP contribution in [-0.2, 0) is 10.9 Å². The van der Waals surface area contributed by atoms with Gasteiger partial charge in [-0.15, -0.1) is 0 Å². The van der Waals surface area contributed by atoms with Crippen molar-refractivity contribution in [1.82, 2.24) is 14.7 Å². The molecule has 9 heteroatoms. The maximum atomic E-state index is 13.2. The first-order valence-corrected chi connectivity index (χ1v) is 7.78. The van der Waals surface area contributed by atoms with Crippen LogP contribution < -0.4 is 0 Å². The van der Waals surface area contributed by atoms with E-state index in [1.807, 2.05) is 0 Å². The molecule has 1 aliphatic heterocycles. The highest BCUT2D eigenvalue weighted by Crippen LogP contribution is 2.36. The van der Waals surface area contributed by atoms with Crippen LogP contribution in [0.2, 0.25) is 0 Å². The highest BCUT2D eigenvalue weighted by molar-refractivity contribution is 6.67. The molecule has 1 aliphatic rings. The molecule has 0 saturated carbocycles. The van der Waals surface area contributed by atoms with Gasteiger partial charge in [0.25, 0.3) is 5.24 Å². The summed E-state index contributed by atoms with van der Waals surface area (Å²) in [5.41, 5.74) is -1.63. The Morgan fingerprint density at radius 2 is 2.09 bits per heavy atom. The summed E-state index contributed by atoms with van der Waals surface area (Å²) in [6, 6.07) is -0.380. The van der Waals surface area contributed by atoms with Crippen molar-refractivity contribution in [1.29, 1.82) is 0 Å². The molecule has 0 aliphatic carbocycles. The molecular formula is C14H19ClF3N3O2. The Morgan fingerprint density at radius 3 is 2.61 bits per heavy atom. The van der Waals surface area contributed by atoms with E-state index in [2.05, 4.69) is 10.00 Å². The number of ether oxygens (including phenoxy) is 1. The standard InChI is InChI=1S/C14H19ClF3N3O2/c1-23-8-2-5-20-6-3-10(4-7-20)21-12(14(16,17)18)11(9-19-21)13(15)22/h9-10H,2-8H2,1H3. The maximum absolute atomic E-state index is 13.2. The van der Waals surface area contributed by atoms with E-state index in [0.717, 1.165) is 23.8 Å². The van der Waals surface area contributed by atoms with Crippen LogP contribution >= 0.6 is 11.6 Å². The maximum Gasteiger partial charge on any atom is 0.433 e. The lowest BCUT2D eigenvalue weighted by molar-refractivity contribution is -0.145. The molecule has 5 nitrogen and oxygen atoms in total. The van der Waals surface area contributed by atoms with Crippen molar-refractivity contribution < 1.29 is 22.7 Å². The number of nitrogens with zero attached hydrogens (tertiary/aromatic N) is 3. The minimum Gasteiger partial charge on any atom is -0.385 e. The van der Waals surface area contributed by atoms with Gasteiger partial charge < -0.3 is 9.64 Å².